The summed E-state index contributed by atoms with van der Waals surface area (Å²) < 4.78 is 27.5. The van der Waals surface area contributed by atoms with Crippen molar-refractivity contribution in [2.45, 2.75) is 89.6 Å². The number of ether oxygens (including phenoxy) is 1. The number of rotatable bonds is 7. The van der Waals surface area contributed by atoms with Gasteiger partial charge in [-0.1, -0.05) is 0 Å². The minimum atomic E-state index is -1.84. The molecule has 0 aromatic heterocycles. The molecule has 1 aliphatic heterocycles. The Morgan fingerprint density at radius 3 is 2.50 bits per heavy atom. The van der Waals surface area contributed by atoms with E-state index in [1.54, 1.807) is 6.26 Å². The van der Waals surface area contributed by atoms with Crippen molar-refractivity contribution in [3.8, 4) is 0 Å². The van der Waals surface area contributed by atoms with E-state index in [1.165, 1.54) is 0 Å². The Morgan fingerprint density at radius 2 is 2.05 bits per heavy atom. The standard InChI is InChI=1S/C16H33NO3SSi/c1-13(2)20-22(6,7)12-14(15-10-8-9-11-19-15)17-21(18)16(3,4)5/h9,11,13-15,17H,8,10,12H2,1-7H3/t14-,15+,21-/m1/s1. The highest BCUT2D eigenvalue weighted by atomic mass is 32.2. The quantitative estimate of drug-likeness (QED) is 0.714. The van der Waals surface area contributed by atoms with Crippen LogP contribution in [0, 0.1) is 0 Å². The maximum absolute atomic E-state index is 12.5. The average Bonchev–Trinajstić information content (AvgIpc) is 2.35. The lowest BCUT2D eigenvalue weighted by atomic mass is 10.1. The first kappa shape index (κ1) is 19.9. The highest BCUT2D eigenvalue weighted by Crippen LogP contribution is 2.24. The molecule has 22 heavy (non-hydrogen) atoms. The zero-order valence-electron chi connectivity index (χ0n) is 15.1. The second-order valence-electron chi connectivity index (χ2n) is 7.86. The van der Waals surface area contributed by atoms with Crippen LogP contribution in [0.2, 0.25) is 19.1 Å². The molecule has 1 heterocycles. The fourth-order valence-electron chi connectivity index (χ4n) is 2.63. The van der Waals surface area contributed by atoms with Crippen molar-refractivity contribution in [2.24, 2.45) is 0 Å². The summed E-state index contributed by atoms with van der Waals surface area (Å²) in [6, 6.07) is 0.955. The molecule has 1 aliphatic rings. The lowest BCUT2D eigenvalue weighted by molar-refractivity contribution is 0.0966. The van der Waals surface area contributed by atoms with Crippen LogP contribution in [0.1, 0.15) is 47.5 Å². The Morgan fingerprint density at radius 1 is 1.41 bits per heavy atom. The molecule has 0 radical (unpaired) electrons. The van der Waals surface area contributed by atoms with Gasteiger partial charge in [-0.25, -0.2) is 8.93 Å². The normalized spacial score (nSPS) is 22.5. The van der Waals surface area contributed by atoms with E-state index < -0.39 is 19.3 Å². The van der Waals surface area contributed by atoms with Crippen molar-refractivity contribution in [2.75, 3.05) is 0 Å². The van der Waals surface area contributed by atoms with E-state index in [0.717, 1.165) is 18.9 Å². The molecule has 130 valence electrons. The lowest BCUT2D eigenvalue weighted by Crippen LogP contribution is -2.51. The largest absolute Gasteiger partial charge is 0.497 e. The molecular weight excluding hydrogens is 314 g/mol. The highest BCUT2D eigenvalue weighted by Gasteiger charge is 2.36. The van der Waals surface area contributed by atoms with Gasteiger partial charge in [0.2, 0.25) is 0 Å². The topological polar surface area (TPSA) is 47.6 Å². The van der Waals surface area contributed by atoms with Gasteiger partial charge in [0, 0.05) is 6.10 Å². The molecule has 0 saturated carbocycles. The molecule has 0 unspecified atom stereocenters. The molecule has 1 N–H and O–H groups in total. The van der Waals surface area contributed by atoms with E-state index in [1.807, 2.05) is 26.8 Å². The lowest BCUT2D eigenvalue weighted by Gasteiger charge is -2.36. The van der Waals surface area contributed by atoms with Crippen LogP contribution < -0.4 is 4.72 Å². The summed E-state index contributed by atoms with van der Waals surface area (Å²) in [5.74, 6) is 0. The van der Waals surface area contributed by atoms with E-state index in [9.17, 15) is 4.21 Å². The van der Waals surface area contributed by atoms with Crippen LogP contribution in [0.25, 0.3) is 0 Å². The first-order valence-electron chi connectivity index (χ1n) is 8.17. The predicted molar refractivity (Wildman–Crippen MR) is 96.6 cm³/mol. The van der Waals surface area contributed by atoms with Gasteiger partial charge in [-0.3, -0.25) is 0 Å². The van der Waals surface area contributed by atoms with Gasteiger partial charge < -0.3 is 9.16 Å². The van der Waals surface area contributed by atoms with Crippen LogP contribution >= 0.6 is 0 Å². The molecule has 0 saturated heterocycles. The minimum Gasteiger partial charge on any atom is -0.497 e. The van der Waals surface area contributed by atoms with E-state index in [0.29, 0.717) is 0 Å². The van der Waals surface area contributed by atoms with Crippen molar-refractivity contribution < 1.29 is 13.4 Å². The molecule has 0 aliphatic carbocycles. The molecule has 4 nitrogen and oxygen atoms in total. The molecule has 6 heteroatoms. The first-order valence-corrected chi connectivity index (χ1v) is 12.4. The summed E-state index contributed by atoms with van der Waals surface area (Å²) in [5.41, 5.74) is 0. The van der Waals surface area contributed by atoms with Gasteiger partial charge in [0.1, 0.15) is 6.10 Å². The summed E-state index contributed by atoms with van der Waals surface area (Å²) in [6.07, 6.45) is 6.09. The van der Waals surface area contributed by atoms with Crippen molar-refractivity contribution >= 4 is 19.3 Å². The Balaban J connectivity index is 2.82. The third-order valence-electron chi connectivity index (χ3n) is 3.50. The van der Waals surface area contributed by atoms with Gasteiger partial charge in [0.25, 0.3) is 0 Å². The van der Waals surface area contributed by atoms with Crippen molar-refractivity contribution in [3.63, 3.8) is 0 Å². The predicted octanol–water partition coefficient (Wildman–Crippen LogP) is 3.73. The fraction of sp³-hybridized carbons (Fsp3) is 0.875. The second kappa shape index (κ2) is 8.08. The Labute approximate surface area is 139 Å². The van der Waals surface area contributed by atoms with Gasteiger partial charge in [-0.15, -0.1) is 0 Å². The van der Waals surface area contributed by atoms with Gasteiger partial charge in [0.15, 0.2) is 8.32 Å². The van der Waals surface area contributed by atoms with Gasteiger partial charge >= 0.3 is 0 Å². The van der Waals surface area contributed by atoms with Crippen LogP contribution in [0.3, 0.4) is 0 Å². The molecule has 3 atom stereocenters. The van der Waals surface area contributed by atoms with Crippen molar-refractivity contribution in [3.05, 3.63) is 12.3 Å². The number of allylic oxidation sites excluding steroid dienone is 1. The van der Waals surface area contributed by atoms with E-state index in [-0.39, 0.29) is 23.0 Å². The molecule has 0 fully saturated rings. The summed E-state index contributed by atoms with van der Waals surface area (Å²) >= 11 is 0. The maximum atomic E-state index is 12.5. The van der Waals surface area contributed by atoms with Gasteiger partial charge in [0.05, 0.1) is 28.0 Å². The van der Waals surface area contributed by atoms with Crippen LogP contribution in [-0.4, -0.2) is 35.5 Å². The van der Waals surface area contributed by atoms with Crippen LogP contribution in [-0.2, 0) is 20.1 Å². The SMILES string of the molecule is CC(C)O[Si](C)(C)C[C@@H](N[S@](=O)C(C)(C)C)[C@@H]1CCC=CO1. The zero-order valence-corrected chi connectivity index (χ0v) is 17.0. The summed E-state index contributed by atoms with van der Waals surface area (Å²) in [4.78, 5) is 0. The third kappa shape index (κ3) is 6.94. The van der Waals surface area contributed by atoms with E-state index in [2.05, 4.69) is 31.7 Å². The first-order chi connectivity index (χ1) is 10.0. The molecule has 0 bridgehead atoms. The Kier molecular flexibility index (Phi) is 7.30. The van der Waals surface area contributed by atoms with Crippen LogP contribution in [0.5, 0.6) is 0 Å². The summed E-state index contributed by atoms with van der Waals surface area (Å²) in [7, 11) is -2.94. The molecular formula is C16H33NO3SSi. The van der Waals surface area contributed by atoms with Gasteiger partial charge in [-0.05, 0) is 72.7 Å². The zero-order chi connectivity index (χ0) is 17.0. The monoisotopic (exact) mass is 347 g/mol. The van der Waals surface area contributed by atoms with Crippen molar-refractivity contribution in [1.82, 2.24) is 4.72 Å². The second-order valence-corrected chi connectivity index (χ2v) is 14.0. The van der Waals surface area contributed by atoms with E-state index in [4.69, 9.17) is 9.16 Å². The Bertz CT molecular complexity index is 405. The summed E-state index contributed by atoms with van der Waals surface area (Å²) in [6.45, 7) is 14.6. The third-order valence-corrected chi connectivity index (χ3v) is 7.66. The van der Waals surface area contributed by atoms with E-state index >= 15 is 0 Å². The molecule has 1 rings (SSSR count). The smallest absolute Gasteiger partial charge is 0.188 e. The fourth-order valence-corrected chi connectivity index (χ4v) is 6.44. The van der Waals surface area contributed by atoms with Gasteiger partial charge in [-0.2, -0.15) is 0 Å². The number of hydrogen-bond donors (Lipinski definition) is 1. The Hall–Kier alpha value is -0.173. The van der Waals surface area contributed by atoms with Crippen molar-refractivity contribution in [1.29, 1.82) is 0 Å². The maximum Gasteiger partial charge on any atom is 0.188 e. The number of nitrogens with one attached hydrogen (secondary N) is 1. The number of hydrogen-bond acceptors (Lipinski definition) is 3. The average molecular weight is 348 g/mol. The molecule has 0 amide bonds. The minimum absolute atomic E-state index is 0.0606. The summed E-state index contributed by atoms with van der Waals surface area (Å²) in [5, 5.41) is 0. The van der Waals surface area contributed by atoms with Crippen LogP contribution in [0.4, 0.5) is 0 Å². The molecule has 0 aromatic carbocycles. The van der Waals surface area contributed by atoms with Crippen LogP contribution in [0.15, 0.2) is 12.3 Å². The molecule has 0 aromatic rings. The highest BCUT2D eigenvalue weighted by molar-refractivity contribution is 7.84. The molecule has 0 spiro atoms.